The summed E-state index contributed by atoms with van der Waals surface area (Å²) in [6.45, 7) is 11.3. The standard InChI is InChI=1S/C37H50N2O4S/c1-23(2)34-18-17-29(44-34)22-33(36(41)42-6)39-35(40)32-20-25-11-14-28(43-27-15-12-26(13-16-27)37(3,4)5)21-30(25)31(38-32)19-24-9-7-8-10-24/h11,14,17-18,20-21,23-24,26-27,33H,7-10,12-13,15-16,19,22H2,1-6H3,(H,39,40)/t26-,27-,33-/m0/s1. The normalized spacial score (nSPS) is 20.2. The summed E-state index contributed by atoms with van der Waals surface area (Å²) in [4.78, 5) is 33.6. The van der Waals surface area contributed by atoms with Crippen molar-refractivity contribution in [2.75, 3.05) is 7.11 Å². The second-order valence-corrected chi connectivity index (χ2v) is 15.6. The van der Waals surface area contributed by atoms with E-state index in [2.05, 4.69) is 58.1 Å². The van der Waals surface area contributed by atoms with Crippen molar-refractivity contribution < 1.29 is 19.1 Å². The first-order chi connectivity index (χ1) is 21.0. The fourth-order valence-electron chi connectivity index (χ4n) is 6.95. The number of ether oxygens (including phenoxy) is 2. The number of nitrogens with one attached hydrogen (secondary N) is 1. The molecule has 44 heavy (non-hydrogen) atoms. The van der Waals surface area contributed by atoms with Gasteiger partial charge in [0.05, 0.1) is 13.2 Å². The Kier molecular flexibility index (Phi) is 10.3. The molecule has 0 spiro atoms. The number of amides is 1. The lowest BCUT2D eigenvalue weighted by atomic mass is 9.72. The summed E-state index contributed by atoms with van der Waals surface area (Å²) in [5.41, 5.74) is 1.62. The topological polar surface area (TPSA) is 77.5 Å². The molecule has 2 aliphatic carbocycles. The highest BCUT2D eigenvalue weighted by Crippen LogP contribution is 2.39. The van der Waals surface area contributed by atoms with Crippen molar-refractivity contribution in [3.8, 4) is 5.75 Å². The molecule has 0 unspecified atom stereocenters. The Morgan fingerprint density at radius 2 is 1.73 bits per heavy atom. The number of thiophene rings is 1. The first-order valence-electron chi connectivity index (χ1n) is 16.6. The van der Waals surface area contributed by atoms with Crippen LogP contribution in [0.3, 0.4) is 0 Å². The van der Waals surface area contributed by atoms with Crippen molar-refractivity contribution in [1.29, 1.82) is 0 Å². The minimum atomic E-state index is -0.786. The van der Waals surface area contributed by atoms with Crippen LogP contribution in [0.5, 0.6) is 5.75 Å². The highest BCUT2D eigenvalue weighted by Gasteiger charge is 2.31. The summed E-state index contributed by atoms with van der Waals surface area (Å²) in [6.07, 6.45) is 10.9. The maximum absolute atomic E-state index is 13.6. The molecule has 2 aliphatic rings. The van der Waals surface area contributed by atoms with Crippen molar-refractivity contribution in [1.82, 2.24) is 10.3 Å². The van der Waals surface area contributed by atoms with Crippen LogP contribution < -0.4 is 10.1 Å². The van der Waals surface area contributed by atoms with Gasteiger partial charge in [0.15, 0.2) is 0 Å². The van der Waals surface area contributed by atoms with Crippen LogP contribution in [0.2, 0.25) is 0 Å². The van der Waals surface area contributed by atoms with Crippen molar-refractivity contribution >= 4 is 34.0 Å². The first kappa shape index (κ1) is 32.5. The zero-order valence-electron chi connectivity index (χ0n) is 27.4. The average molecular weight is 619 g/mol. The van der Waals surface area contributed by atoms with Crippen LogP contribution in [-0.2, 0) is 22.4 Å². The minimum Gasteiger partial charge on any atom is -0.490 e. The molecule has 2 aromatic heterocycles. The van der Waals surface area contributed by atoms with Crippen molar-refractivity contribution in [2.45, 2.75) is 117 Å². The molecule has 1 amide bonds. The Morgan fingerprint density at radius 3 is 2.36 bits per heavy atom. The number of carbonyl (C=O) groups is 2. The van der Waals surface area contributed by atoms with Gasteiger partial charge in [0, 0.05) is 27.3 Å². The van der Waals surface area contributed by atoms with Gasteiger partial charge in [-0.3, -0.25) is 4.79 Å². The lowest BCUT2D eigenvalue weighted by Gasteiger charge is -2.37. The number of fused-ring (bicyclic) bond motifs is 1. The van der Waals surface area contributed by atoms with Crippen LogP contribution in [0.1, 0.15) is 118 Å². The average Bonchev–Trinajstić information content (AvgIpc) is 3.69. The molecule has 1 aromatic carbocycles. The van der Waals surface area contributed by atoms with E-state index in [1.54, 1.807) is 11.3 Å². The largest absolute Gasteiger partial charge is 0.490 e. The summed E-state index contributed by atoms with van der Waals surface area (Å²) in [6, 6.07) is 11.4. The Bertz CT molecular complexity index is 1440. The van der Waals surface area contributed by atoms with E-state index < -0.39 is 12.0 Å². The lowest BCUT2D eigenvalue weighted by Crippen LogP contribution is -2.43. The SMILES string of the molecule is COC(=O)[C@H](Cc1ccc(C(C)C)s1)NC(=O)c1cc2ccc(O[C@H]3CC[C@H](C(C)(C)C)CC3)cc2c(CC2CCCC2)n1. The molecule has 0 saturated heterocycles. The fraction of sp³-hybridized carbons (Fsp3) is 0.595. The van der Waals surface area contributed by atoms with Crippen LogP contribution >= 0.6 is 11.3 Å². The van der Waals surface area contributed by atoms with E-state index in [1.165, 1.54) is 50.5 Å². The molecule has 238 valence electrons. The molecule has 5 rings (SSSR count). The summed E-state index contributed by atoms with van der Waals surface area (Å²) >= 11 is 1.67. The first-order valence-corrected chi connectivity index (χ1v) is 17.4. The fourth-order valence-corrected chi connectivity index (χ4v) is 8.01. The van der Waals surface area contributed by atoms with E-state index in [-0.39, 0.29) is 12.0 Å². The third kappa shape index (κ3) is 8.01. The summed E-state index contributed by atoms with van der Waals surface area (Å²) in [5, 5.41) is 4.97. The van der Waals surface area contributed by atoms with Gasteiger partial charge in [-0.1, -0.05) is 66.4 Å². The van der Waals surface area contributed by atoms with Gasteiger partial charge in [0.1, 0.15) is 17.5 Å². The van der Waals surface area contributed by atoms with E-state index in [0.29, 0.717) is 29.4 Å². The molecule has 3 aromatic rings. The molecule has 1 atom stereocenters. The number of hydrogen-bond acceptors (Lipinski definition) is 6. The molecule has 7 heteroatoms. The molecular weight excluding hydrogens is 568 g/mol. The lowest BCUT2D eigenvalue weighted by molar-refractivity contribution is -0.142. The van der Waals surface area contributed by atoms with Gasteiger partial charge in [-0.2, -0.15) is 0 Å². The summed E-state index contributed by atoms with van der Waals surface area (Å²) < 4.78 is 11.6. The number of nitrogens with zero attached hydrogens (tertiary/aromatic N) is 1. The van der Waals surface area contributed by atoms with Gasteiger partial charge < -0.3 is 14.8 Å². The predicted molar refractivity (Wildman–Crippen MR) is 179 cm³/mol. The Labute approximate surface area is 267 Å². The van der Waals surface area contributed by atoms with Crippen LogP contribution in [0.4, 0.5) is 0 Å². The molecule has 0 bridgehead atoms. The van der Waals surface area contributed by atoms with Crippen LogP contribution in [0.15, 0.2) is 36.4 Å². The molecule has 1 N–H and O–H groups in total. The number of esters is 1. The Morgan fingerprint density at radius 1 is 1.00 bits per heavy atom. The van der Waals surface area contributed by atoms with E-state index >= 15 is 0 Å². The number of rotatable bonds is 10. The Hall–Kier alpha value is -2.93. The zero-order chi connectivity index (χ0) is 31.4. The van der Waals surface area contributed by atoms with Crippen LogP contribution in [-0.4, -0.2) is 36.1 Å². The third-order valence-electron chi connectivity index (χ3n) is 9.72. The van der Waals surface area contributed by atoms with Crippen LogP contribution in [0.25, 0.3) is 10.8 Å². The van der Waals surface area contributed by atoms with Gasteiger partial charge in [0.2, 0.25) is 0 Å². The Balaban J connectivity index is 1.37. The molecule has 0 radical (unpaired) electrons. The van der Waals surface area contributed by atoms with E-state index in [1.807, 2.05) is 18.2 Å². The number of pyridine rings is 1. The molecule has 2 saturated carbocycles. The second-order valence-electron chi connectivity index (χ2n) is 14.4. The highest BCUT2D eigenvalue weighted by molar-refractivity contribution is 7.12. The number of methoxy groups -OCH3 is 1. The van der Waals surface area contributed by atoms with Gasteiger partial charge in [-0.25, -0.2) is 9.78 Å². The third-order valence-corrected chi connectivity index (χ3v) is 11.1. The molecule has 2 heterocycles. The molecule has 6 nitrogen and oxygen atoms in total. The van der Waals surface area contributed by atoms with Gasteiger partial charge in [-0.05, 0) is 91.0 Å². The number of carbonyl (C=O) groups excluding carboxylic acids is 2. The maximum atomic E-state index is 13.6. The van der Waals surface area contributed by atoms with Gasteiger partial charge in [0.25, 0.3) is 5.91 Å². The zero-order valence-corrected chi connectivity index (χ0v) is 28.2. The summed E-state index contributed by atoms with van der Waals surface area (Å²) in [7, 11) is 1.36. The van der Waals surface area contributed by atoms with Crippen molar-refractivity contribution in [3.05, 3.63) is 57.5 Å². The van der Waals surface area contributed by atoms with Crippen LogP contribution in [0, 0.1) is 17.3 Å². The van der Waals surface area contributed by atoms with E-state index in [4.69, 9.17) is 14.5 Å². The predicted octanol–water partition coefficient (Wildman–Crippen LogP) is 8.65. The number of hydrogen-bond donors (Lipinski definition) is 1. The maximum Gasteiger partial charge on any atom is 0.328 e. The van der Waals surface area contributed by atoms with Crippen molar-refractivity contribution in [2.24, 2.45) is 17.3 Å². The van der Waals surface area contributed by atoms with Gasteiger partial charge >= 0.3 is 5.97 Å². The number of benzene rings is 1. The van der Waals surface area contributed by atoms with E-state index in [0.717, 1.165) is 52.3 Å². The van der Waals surface area contributed by atoms with Gasteiger partial charge in [-0.15, -0.1) is 11.3 Å². The summed E-state index contributed by atoms with van der Waals surface area (Å²) in [5.74, 6) is 1.79. The van der Waals surface area contributed by atoms with E-state index in [9.17, 15) is 9.59 Å². The second kappa shape index (κ2) is 14.0. The molecule has 2 fully saturated rings. The molecule has 0 aliphatic heterocycles. The quantitative estimate of drug-likeness (QED) is 0.230. The smallest absolute Gasteiger partial charge is 0.328 e. The highest BCUT2D eigenvalue weighted by atomic mass is 32.1. The van der Waals surface area contributed by atoms with Crippen molar-refractivity contribution in [3.63, 3.8) is 0 Å². The monoisotopic (exact) mass is 618 g/mol. The minimum absolute atomic E-state index is 0.234. The number of aromatic nitrogens is 1. The molecular formula is C37H50N2O4S.